The smallest absolute Gasteiger partial charge is 0.227 e. The van der Waals surface area contributed by atoms with Crippen molar-refractivity contribution in [2.45, 2.75) is 0 Å². The highest BCUT2D eigenvalue weighted by Crippen LogP contribution is 2.29. The minimum atomic E-state index is -0.724. The molecule has 96 valence electrons. The molecule has 19 heavy (non-hydrogen) atoms. The minimum Gasteiger partial charge on any atom is -0.480 e. The molecule has 0 fully saturated rings. The van der Waals surface area contributed by atoms with Crippen molar-refractivity contribution < 1.29 is 13.5 Å². The molecule has 2 rings (SSSR count). The van der Waals surface area contributed by atoms with Crippen LogP contribution in [0.2, 0.25) is 0 Å². The van der Waals surface area contributed by atoms with Gasteiger partial charge < -0.3 is 4.74 Å². The standard InChI is InChI=1S/C13H7F2IN2O/c1-19-13-11(16)4-8(6-17)12(18-13)7-2-9(14)5-10(15)3-7/h2-5H,1H3. The summed E-state index contributed by atoms with van der Waals surface area (Å²) in [5.74, 6) is -1.14. The second-order valence-corrected chi connectivity index (χ2v) is 4.81. The first kappa shape index (κ1) is 13.7. The molecule has 0 amide bonds. The van der Waals surface area contributed by atoms with Gasteiger partial charge in [-0.15, -0.1) is 0 Å². The third kappa shape index (κ3) is 2.81. The maximum absolute atomic E-state index is 13.2. The molecule has 0 spiro atoms. The van der Waals surface area contributed by atoms with Gasteiger partial charge in [0, 0.05) is 11.6 Å². The Balaban J connectivity index is 2.70. The number of halogens is 3. The summed E-state index contributed by atoms with van der Waals surface area (Å²) >= 11 is 1.97. The summed E-state index contributed by atoms with van der Waals surface area (Å²) < 4.78 is 32.2. The molecule has 6 heteroatoms. The zero-order chi connectivity index (χ0) is 14.0. The number of ether oxygens (including phenoxy) is 1. The van der Waals surface area contributed by atoms with Gasteiger partial charge in [0.2, 0.25) is 5.88 Å². The van der Waals surface area contributed by atoms with Crippen LogP contribution in [0.3, 0.4) is 0 Å². The number of methoxy groups -OCH3 is 1. The minimum absolute atomic E-state index is 0.193. The zero-order valence-corrected chi connectivity index (χ0v) is 11.9. The summed E-state index contributed by atoms with van der Waals surface area (Å²) in [5.41, 5.74) is 0.622. The summed E-state index contributed by atoms with van der Waals surface area (Å²) in [4.78, 5) is 4.13. The number of pyridine rings is 1. The van der Waals surface area contributed by atoms with Crippen LogP contribution in [0.25, 0.3) is 11.3 Å². The highest BCUT2D eigenvalue weighted by molar-refractivity contribution is 14.1. The molecule has 1 aromatic heterocycles. The predicted octanol–water partition coefficient (Wildman–Crippen LogP) is 3.51. The van der Waals surface area contributed by atoms with E-state index in [4.69, 9.17) is 10.00 Å². The second-order valence-electron chi connectivity index (χ2n) is 3.65. The van der Waals surface area contributed by atoms with Crippen LogP contribution >= 0.6 is 22.6 Å². The lowest BCUT2D eigenvalue weighted by Crippen LogP contribution is -1.97. The van der Waals surface area contributed by atoms with Crippen molar-refractivity contribution in [2.24, 2.45) is 0 Å². The van der Waals surface area contributed by atoms with Crippen LogP contribution in [0.15, 0.2) is 24.3 Å². The van der Waals surface area contributed by atoms with Crippen molar-refractivity contribution in [3.8, 4) is 23.2 Å². The fraction of sp³-hybridized carbons (Fsp3) is 0.0769. The number of hydrogen-bond donors (Lipinski definition) is 0. The summed E-state index contributed by atoms with van der Waals surface area (Å²) in [5, 5.41) is 9.08. The largest absolute Gasteiger partial charge is 0.480 e. The van der Waals surface area contributed by atoms with Gasteiger partial charge in [0.1, 0.15) is 17.7 Å². The number of hydrogen-bond acceptors (Lipinski definition) is 3. The molecular weight excluding hydrogens is 365 g/mol. The molecule has 0 unspecified atom stereocenters. The van der Waals surface area contributed by atoms with Gasteiger partial charge in [-0.1, -0.05) is 0 Å². The summed E-state index contributed by atoms with van der Waals surface area (Å²) in [6.07, 6.45) is 0. The average Bonchev–Trinajstić information content (AvgIpc) is 2.37. The van der Waals surface area contributed by atoms with E-state index in [9.17, 15) is 8.78 Å². The maximum Gasteiger partial charge on any atom is 0.227 e. The normalized spacial score (nSPS) is 10.1. The molecule has 0 atom stereocenters. The zero-order valence-electron chi connectivity index (χ0n) is 9.75. The highest BCUT2D eigenvalue weighted by Gasteiger charge is 2.14. The first-order valence-corrected chi connectivity index (χ1v) is 6.24. The Morgan fingerprint density at radius 3 is 2.37 bits per heavy atom. The van der Waals surface area contributed by atoms with Gasteiger partial charge in [0.05, 0.1) is 21.9 Å². The van der Waals surface area contributed by atoms with E-state index in [1.54, 1.807) is 6.07 Å². The van der Waals surface area contributed by atoms with Crippen LogP contribution in [0.5, 0.6) is 5.88 Å². The van der Waals surface area contributed by atoms with E-state index in [2.05, 4.69) is 4.98 Å². The molecule has 0 saturated heterocycles. The second kappa shape index (κ2) is 5.48. The van der Waals surface area contributed by atoms with Crippen LogP contribution < -0.4 is 4.74 Å². The van der Waals surface area contributed by atoms with E-state index in [1.165, 1.54) is 7.11 Å². The van der Waals surface area contributed by atoms with Crippen LogP contribution in [-0.2, 0) is 0 Å². The molecule has 0 radical (unpaired) electrons. The summed E-state index contributed by atoms with van der Waals surface area (Å²) in [6.45, 7) is 0. The van der Waals surface area contributed by atoms with Gasteiger partial charge >= 0.3 is 0 Å². The molecule has 3 nitrogen and oxygen atoms in total. The fourth-order valence-corrected chi connectivity index (χ4v) is 2.26. The maximum atomic E-state index is 13.2. The molecule has 1 aromatic carbocycles. The van der Waals surface area contributed by atoms with Crippen LogP contribution in [-0.4, -0.2) is 12.1 Å². The van der Waals surface area contributed by atoms with E-state index >= 15 is 0 Å². The highest BCUT2D eigenvalue weighted by atomic mass is 127. The Labute approximate surface area is 122 Å². The van der Waals surface area contributed by atoms with Gasteiger partial charge in [-0.25, -0.2) is 13.8 Å². The van der Waals surface area contributed by atoms with E-state index < -0.39 is 11.6 Å². The Kier molecular flexibility index (Phi) is 3.95. The van der Waals surface area contributed by atoms with Crippen molar-refractivity contribution in [1.82, 2.24) is 4.98 Å². The monoisotopic (exact) mass is 372 g/mol. The van der Waals surface area contributed by atoms with Gasteiger partial charge in [-0.3, -0.25) is 0 Å². The number of rotatable bonds is 2. The molecular formula is C13H7F2IN2O. The number of nitriles is 1. The van der Waals surface area contributed by atoms with Gasteiger partial charge in [-0.2, -0.15) is 5.26 Å². The predicted molar refractivity (Wildman–Crippen MR) is 73.6 cm³/mol. The molecule has 0 aliphatic carbocycles. The average molecular weight is 372 g/mol. The Morgan fingerprint density at radius 1 is 1.21 bits per heavy atom. The molecule has 1 heterocycles. The Morgan fingerprint density at radius 2 is 1.84 bits per heavy atom. The Hall–Kier alpha value is -1.75. The van der Waals surface area contributed by atoms with E-state index in [1.807, 2.05) is 28.7 Å². The number of aromatic nitrogens is 1. The molecule has 2 aromatic rings. The lowest BCUT2D eigenvalue weighted by Gasteiger charge is -2.08. The van der Waals surface area contributed by atoms with Crippen LogP contribution in [0.1, 0.15) is 5.56 Å². The lowest BCUT2D eigenvalue weighted by molar-refractivity contribution is 0.395. The third-order valence-corrected chi connectivity index (χ3v) is 3.17. The lowest BCUT2D eigenvalue weighted by atomic mass is 10.1. The summed E-state index contributed by atoms with van der Waals surface area (Å²) in [6, 6.07) is 6.53. The number of benzene rings is 1. The van der Waals surface area contributed by atoms with Gasteiger partial charge in [-0.05, 0) is 40.8 Å². The fourth-order valence-electron chi connectivity index (χ4n) is 1.61. The van der Waals surface area contributed by atoms with Crippen molar-refractivity contribution >= 4 is 22.6 Å². The molecule has 0 saturated carbocycles. The van der Waals surface area contributed by atoms with Crippen molar-refractivity contribution in [1.29, 1.82) is 5.26 Å². The van der Waals surface area contributed by atoms with E-state index in [-0.39, 0.29) is 16.8 Å². The number of nitrogens with zero attached hydrogens (tertiary/aromatic N) is 2. The van der Waals surface area contributed by atoms with E-state index in [0.29, 0.717) is 9.45 Å². The topological polar surface area (TPSA) is 45.9 Å². The van der Waals surface area contributed by atoms with E-state index in [0.717, 1.165) is 18.2 Å². The SMILES string of the molecule is COc1nc(-c2cc(F)cc(F)c2)c(C#N)cc1I. The molecule has 0 aliphatic rings. The molecule has 0 aliphatic heterocycles. The molecule has 0 N–H and O–H groups in total. The van der Waals surface area contributed by atoms with Crippen molar-refractivity contribution in [2.75, 3.05) is 7.11 Å². The molecule has 0 bridgehead atoms. The van der Waals surface area contributed by atoms with Crippen LogP contribution in [0, 0.1) is 26.5 Å². The van der Waals surface area contributed by atoms with Gasteiger partial charge in [0.25, 0.3) is 0 Å². The first-order valence-electron chi connectivity index (χ1n) is 5.16. The quantitative estimate of drug-likeness (QED) is 0.758. The van der Waals surface area contributed by atoms with Gasteiger partial charge in [0.15, 0.2) is 0 Å². The summed E-state index contributed by atoms with van der Waals surface area (Å²) in [7, 11) is 1.44. The third-order valence-electron chi connectivity index (χ3n) is 2.39. The van der Waals surface area contributed by atoms with Crippen molar-refractivity contribution in [3.05, 3.63) is 45.0 Å². The Bertz CT molecular complexity index is 663. The van der Waals surface area contributed by atoms with Crippen molar-refractivity contribution in [3.63, 3.8) is 0 Å². The first-order chi connectivity index (χ1) is 9.05. The van der Waals surface area contributed by atoms with Crippen LogP contribution in [0.4, 0.5) is 8.78 Å².